The zero-order valence-electron chi connectivity index (χ0n) is 12.7. The van der Waals surface area contributed by atoms with E-state index in [4.69, 9.17) is 0 Å². The Labute approximate surface area is 120 Å². The van der Waals surface area contributed by atoms with E-state index in [1.165, 1.54) is 0 Å². The number of aromatic nitrogens is 2. The van der Waals surface area contributed by atoms with E-state index in [-0.39, 0.29) is 11.3 Å². The minimum atomic E-state index is -0.343. The van der Waals surface area contributed by atoms with Crippen molar-refractivity contribution in [1.29, 1.82) is 0 Å². The number of hydrogen-bond acceptors (Lipinski definition) is 5. The van der Waals surface area contributed by atoms with Crippen LogP contribution in [0.4, 0.5) is 11.6 Å². The zero-order chi connectivity index (χ0) is 14.8. The van der Waals surface area contributed by atoms with Crippen LogP contribution in [-0.4, -0.2) is 43.1 Å². The lowest BCUT2D eigenvalue weighted by atomic mass is 9.89. The van der Waals surface area contributed by atoms with E-state index in [2.05, 4.69) is 32.4 Å². The molecule has 0 spiro atoms. The van der Waals surface area contributed by atoms with Crippen LogP contribution in [0, 0.1) is 5.41 Å². The van der Waals surface area contributed by atoms with Crippen molar-refractivity contribution in [3.63, 3.8) is 0 Å². The van der Waals surface area contributed by atoms with Crippen molar-refractivity contribution in [1.82, 2.24) is 15.3 Å². The van der Waals surface area contributed by atoms with Crippen molar-refractivity contribution < 1.29 is 4.79 Å². The topological polar surface area (TPSA) is 70.2 Å². The largest absolute Gasteiger partial charge is 0.373 e. The van der Waals surface area contributed by atoms with Gasteiger partial charge in [0, 0.05) is 32.7 Å². The van der Waals surface area contributed by atoms with E-state index in [0.29, 0.717) is 6.54 Å². The fraction of sp³-hybridized carbons (Fsp3) is 0.643. The van der Waals surface area contributed by atoms with Gasteiger partial charge in [0.1, 0.15) is 18.0 Å². The summed E-state index contributed by atoms with van der Waals surface area (Å²) in [5.41, 5.74) is 0.765. The highest BCUT2D eigenvalue weighted by molar-refractivity contribution is 5.83. The Kier molecular flexibility index (Phi) is 4.11. The normalized spacial score (nSPS) is 21.9. The molecule has 1 atom stereocenters. The summed E-state index contributed by atoms with van der Waals surface area (Å²) in [6.45, 7) is 5.64. The van der Waals surface area contributed by atoms with Crippen LogP contribution in [0.5, 0.6) is 0 Å². The third-order valence-electron chi connectivity index (χ3n) is 4.06. The number of rotatable bonds is 4. The van der Waals surface area contributed by atoms with Gasteiger partial charge in [0.2, 0.25) is 5.91 Å². The molecule has 1 aliphatic rings. The van der Waals surface area contributed by atoms with Crippen LogP contribution in [0.15, 0.2) is 6.33 Å². The number of nitrogens with zero attached hydrogens (tertiary/aromatic N) is 3. The first-order valence-corrected chi connectivity index (χ1v) is 7.04. The Hall–Kier alpha value is -1.85. The first kappa shape index (κ1) is 14.6. The molecule has 1 saturated heterocycles. The maximum absolute atomic E-state index is 12.0. The Morgan fingerprint density at radius 3 is 2.80 bits per heavy atom. The molecule has 0 radical (unpaired) electrons. The summed E-state index contributed by atoms with van der Waals surface area (Å²) in [5, 5.41) is 5.87. The fourth-order valence-electron chi connectivity index (χ4n) is 2.85. The van der Waals surface area contributed by atoms with Crippen LogP contribution in [-0.2, 0) is 11.2 Å². The van der Waals surface area contributed by atoms with Gasteiger partial charge < -0.3 is 15.5 Å². The number of nitrogens with one attached hydrogen (secondary N) is 2. The second-order valence-electron chi connectivity index (χ2n) is 5.44. The van der Waals surface area contributed by atoms with E-state index in [1.54, 1.807) is 13.4 Å². The molecule has 1 aliphatic heterocycles. The van der Waals surface area contributed by atoms with Crippen LogP contribution in [0.1, 0.15) is 25.8 Å². The Balaban J connectivity index is 2.29. The van der Waals surface area contributed by atoms with Crippen molar-refractivity contribution >= 4 is 17.5 Å². The zero-order valence-corrected chi connectivity index (χ0v) is 12.7. The molecule has 0 saturated carbocycles. The minimum Gasteiger partial charge on any atom is -0.373 e. The molecule has 1 unspecified atom stereocenters. The number of hydrogen-bond donors (Lipinski definition) is 2. The van der Waals surface area contributed by atoms with Gasteiger partial charge >= 0.3 is 0 Å². The average Bonchev–Trinajstić information content (AvgIpc) is 2.88. The molecular formula is C14H23N5O. The van der Waals surface area contributed by atoms with Crippen LogP contribution in [0.2, 0.25) is 0 Å². The van der Waals surface area contributed by atoms with Crippen LogP contribution in [0.25, 0.3) is 0 Å². The lowest BCUT2D eigenvalue weighted by Gasteiger charge is -2.25. The molecule has 0 aliphatic carbocycles. The van der Waals surface area contributed by atoms with Crippen LogP contribution >= 0.6 is 0 Å². The van der Waals surface area contributed by atoms with Gasteiger partial charge in [-0.2, -0.15) is 0 Å². The first-order valence-electron chi connectivity index (χ1n) is 7.04. The Bertz CT molecular complexity index is 504. The SMILES string of the molecule is CCc1c(NC)ncnc1N1CCC(C)(C(=O)NC)C1. The summed E-state index contributed by atoms with van der Waals surface area (Å²) in [6.07, 6.45) is 3.28. The summed E-state index contributed by atoms with van der Waals surface area (Å²) in [5.74, 6) is 1.91. The summed E-state index contributed by atoms with van der Waals surface area (Å²) in [7, 11) is 3.56. The van der Waals surface area contributed by atoms with Gasteiger partial charge in [0.15, 0.2) is 0 Å². The Morgan fingerprint density at radius 1 is 1.45 bits per heavy atom. The average molecular weight is 277 g/mol. The minimum absolute atomic E-state index is 0.0981. The van der Waals surface area contributed by atoms with Crippen molar-refractivity contribution in [2.75, 3.05) is 37.4 Å². The van der Waals surface area contributed by atoms with Gasteiger partial charge in [-0.15, -0.1) is 0 Å². The van der Waals surface area contributed by atoms with E-state index < -0.39 is 0 Å². The van der Waals surface area contributed by atoms with Gasteiger partial charge in [0.25, 0.3) is 0 Å². The number of amides is 1. The molecule has 0 bridgehead atoms. The molecule has 2 heterocycles. The smallest absolute Gasteiger partial charge is 0.227 e. The standard InChI is InChI=1S/C14H23N5O/c1-5-10-11(15-3)17-9-18-12(10)19-7-6-14(2,8-19)13(20)16-4/h9H,5-8H2,1-4H3,(H,16,20)(H,15,17,18). The molecule has 2 N–H and O–H groups in total. The highest BCUT2D eigenvalue weighted by Crippen LogP contribution is 2.35. The maximum atomic E-state index is 12.0. The van der Waals surface area contributed by atoms with E-state index >= 15 is 0 Å². The van der Waals surface area contributed by atoms with Gasteiger partial charge in [-0.1, -0.05) is 6.92 Å². The lowest BCUT2D eigenvalue weighted by Crippen LogP contribution is -2.39. The van der Waals surface area contributed by atoms with E-state index in [9.17, 15) is 4.79 Å². The van der Waals surface area contributed by atoms with E-state index in [1.807, 2.05) is 14.0 Å². The highest BCUT2D eigenvalue weighted by Gasteiger charge is 2.40. The predicted molar refractivity (Wildman–Crippen MR) is 80.0 cm³/mol. The summed E-state index contributed by atoms with van der Waals surface area (Å²) in [4.78, 5) is 22.9. The molecule has 1 amide bonds. The van der Waals surface area contributed by atoms with Crippen molar-refractivity contribution in [2.24, 2.45) is 5.41 Å². The quantitative estimate of drug-likeness (QED) is 0.860. The summed E-state index contributed by atoms with van der Waals surface area (Å²) in [6, 6.07) is 0. The third kappa shape index (κ3) is 2.42. The number of anilines is 2. The molecule has 1 aromatic rings. The summed E-state index contributed by atoms with van der Waals surface area (Å²) >= 11 is 0. The van der Waals surface area contributed by atoms with Crippen LogP contribution < -0.4 is 15.5 Å². The molecule has 110 valence electrons. The highest BCUT2D eigenvalue weighted by atomic mass is 16.2. The molecule has 1 fully saturated rings. The molecule has 20 heavy (non-hydrogen) atoms. The van der Waals surface area contributed by atoms with Gasteiger partial charge in [-0.3, -0.25) is 4.79 Å². The van der Waals surface area contributed by atoms with Crippen molar-refractivity contribution in [3.8, 4) is 0 Å². The Morgan fingerprint density at radius 2 is 2.20 bits per heavy atom. The van der Waals surface area contributed by atoms with E-state index in [0.717, 1.165) is 36.6 Å². The fourth-order valence-corrected chi connectivity index (χ4v) is 2.85. The van der Waals surface area contributed by atoms with Gasteiger partial charge in [-0.05, 0) is 19.8 Å². The second kappa shape index (κ2) is 5.64. The second-order valence-corrected chi connectivity index (χ2v) is 5.44. The lowest BCUT2D eigenvalue weighted by molar-refractivity contribution is -0.128. The molecule has 6 nitrogen and oxygen atoms in total. The number of carbonyl (C=O) groups excluding carboxylic acids is 1. The first-order chi connectivity index (χ1) is 9.55. The molecule has 6 heteroatoms. The van der Waals surface area contributed by atoms with Crippen LogP contribution in [0.3, 0.4) is 0 Å². The molecule has 2 rings (SSSR count). The monoisotopic (exact) mass is 277 g/mol. The molecular weight excluding hydrogens is 254 g/mol. The predicted octanol–water partition coefficient (Wildman–Crippen LogP) is 1.04. The maximum Gasteiger partial charge on any atom is 0.227 e. The molecule has 1 aromatic heterocycles. The summed E-state index contributed by atoms with van der Waals surface area (Å²) < 4.78 is 0. The van der Waals surface area contributed by atoms with Crippen molar-refractivity contribution in [3.05, 3.63) is 11.9 Å². The number of carbonyl (C=O) groups is 1. The molecule has 0 aromatic carbocycles. The third-order valence-corrected chi connectivity index (χ3v) is 4.06. The van der Waals surface area contributed by atoms with Crippen molar-refractivity contribution in [2.45, 2.75) is 26.7 Å². The van der Waals surface area contributed by atoms with Gasteiger partial charge in [-0.25, -0.2) is 9.97 Å². The van der Waals surface area contributed by atoms with Gasteiger partial charge in [0.05, 0.1) is 5.41 Å².